The number of methoxy groups -OCH3 is 2. The summed E-state index contributed by atoms with van der Waals surface area (Å²) in [5.74, 6) is 2.10. The van der Waals surface area contributed by atoms with E-state index < -0.39 is 10.0 Å². The van der Waals surface area contributed by atoms with Crippen molar-refractivity contribution in [2.45, 2.75) is 43.2 Å². The summed E-state index contributed by atoms with van der Waals surface area (Å²) in [5.41, 5.74) is 0.853. The molecule has 1 saturated carbocycles. The maximum atomic E-state index is 13.7. The largest absolute Gasteiger partial charge is 0.497 e. The van der Waals surface area contributed by atoms with Crippen molar-refractivity contribution in [2.24, 2.45) is 0 Å². The monoisotopic (exact) mass is 419 g/mol. The van der Waals surface area contributed by atoms with Crippen LogP contribution in [0, 0.1) is 0 Å². The van der Waals surface area contributed by atoms with Crippen LogP contribution >= 0.6 is 0 Å². The lowest BCUT2D eigenvalue weighted by atomic mass is 10.1. The van der Waals surface area contributed by atoms with E-state index in [1.807, 2.05) is 18.2 Å². The molecule has 0 aromatic heterocycles. The van der Waals surface area contributed by atoms with Gasteiger partial charge < -0.3 is 18.9 Å². The molecule has 2 aliphatic rings. The van der Waals surface area contributed by atoms with Gasteiger partial charge in [0, 0.05) is 18.7 Å². The molecule has 0 bridgehead atoms. The third-order valence-electron chi connectivity index (χ3n) is 5.46. The standard InChI is InChI=1S/C21H25NO6S/c1-25-17-8-10-19(26-2)21(12-17)29(23,24)22(16-5-3-4-6-16)13-15-7-9-18-20(11-15)28-14-27-18/h7-12,16H,3-6,13-14H2,1-2H3. The zero-order valence-corrected chi connectivity index (χ0v) is 17.4. The van der Waals surface area contributed by atoms with Crippen molar-refractivity contribution in [1.29, 1.82) is 0 Å². The molecule has 0 N–H and O–H groups in total. The SMILES string of the molecule is COc1ccc(OC)c(S(=O)(=O)N(Cc2ccc3c(c2)OCO3)C2CCCC2)c1. The van der Waals surface area contributed by atoms with Crippen LogP contribution in [-0.2, 0) is 16.6 Å². The van der Waals surface area contributed by atoms with Crippen LogP contribution in [0.25, 0.3) is 0 Å². The maximum absolute atomic E-state index is 13.7. The first-order valence-corrected chi connectivity index (χ1v) is 11.1. The van der Waals surface area contributed by atoms with Gasteiger partial charge in [0.25, 0.3) is 0 Å². The highest BCUT2D eigenvalue weighted by atomic mass is 32.2. The first-order chi connectivity index (χ1) is 14.0. The average Bonchev–Trinajstić information content (AvgIpc) is 3.42. The van der Waals surface area contributed by atoms with Crippen molar-refractivity contribution in [1.82, 2.24) is 4.31 Å². The van der Waals surface area contributed by atoms with Crippen LogP contribution in [0.5, 0.6) is 23.0 Å². The van der Waals surface area contributed by atoms with Gasteiger partial charge in [0.05, 0.1) is 14.2 Å². The highest BCUT2D eigenvalue weighted by Crippen LogP contribution is 2.37. The molecule has 156 valence electrons. The zero-order chi connectivity index (χ0) is 20.4. The maximum Gasteiger partial charge on any atom is 0.247 e. The lowest BCUT2D eigenvalue weighted by Crippen LogP contribution is -2.38. The molecule has 0 spiro atoms. The van der Waals surface area contributed by atoms with Gasteiger partial charge in [0.2, 0.25) is 16.8 Å². The Morgan fingerprint density at radius 2 is 1.76 bits per heavy atom. The molecule has 8 heteroatoms. The molecule has 0 saturated heterocycles. The van der Waals surface area contributed by atoms with E-state index in [2.05, 4.69) is 0 Å². The minimum atomic E-state index is -3.82. The summed E-state index contributed by atoms with van der Waals surface area (Å²) in [6.45, 7) is 0.439. The Kier molecular flexibility index (Phi) is 5.56. The molecule has 1 aliphatic heterocycles. The molecular formula is C21H25NO6S. The molecule has 1 heterocycles. The van der Waals surface area contributed by atoms with Gasteiger partial charge in [-0.2, -0.15) is 4.31 Å². The molecule has 0 radical (unpaired) electrons. The van der Waals surface area contributed by atoms with E-state index in [1.54, 1.807) is 16.4 Å². The first-order valence-electron chi connectivity index (χ1n) is 9.65. The molecular weight excluding hydrogens is 394 g/mol. The average molecular weight is 419 g/mol. The molecule has 4 rings (SSSR count). The summed E-state index contributed by atoms with van der Waals surface area (Å²) < 4.78 is 50.5. The van der Waals surface area contributed by atoms with Crippen molar-refractivity contribution in [3.63, 3.8) is 0 Å². The van der Waals surface area contributed by atoms with Crippen molar-refractivity contribution >= 4 is 10.0 Å². The molecule has 2 aromatic rings. The van der Waals surface area contributed by atoms with Crippen LogP contribution in [-0.4, -0.2) is 39.8 Å². The van der Waals surface area contributed by atoms with E-state index in [0.29, 0.717) is 23.0 Å². The third-order valence-corrected chi connectivity index (χ3v) is 7.38. The summed E-state index contributed by atoms with van der Waals surface area (Å²) in [4.78, 5) is 0.118. The molecule has 2 aromatic carbocycles. The Morgan fingerprint density at radius 1 is 1.00 bits per heavy atom. The second kappa shape index (κ2) is 8.12. The van der Waals surface area contributed by atoms with Gasteiger partial charge in [-0.05, 0) is 42.7 Å². The fourth-order valence-corrected chi connectivity index (χ4v) is 5.78. The van der Waals surface area contributed by atoms with E-state index in [0.717, 1.165) is 31.2 Å². The van der Waals surface area contributed by atoms with Gasteiger partial charge in [-0.25, -0.2) is 8.42 Å². The van der Waals surface area contributed by atoms with E-state index in [9.17, 15) is 8.42 Å². The summed E-state index contributed by atoms with van der Waals surface area (Å²) in [5, 5.41) is 0. The van der Waals surface area contributed by atoms with Crippen LogP contribution in [0.3, 0.4) is 0 Å². The van der Waals surface area contributed by atoms with E-state index in [4.69, 9.17) is 18.9 Å². The lowest BCUT2D eigenvalue weighted by molar-refractivity contribution is 0.174. The fraction of sp³-hybridized carbons (Fsp3) is 0.429. The molecule has 0 unspecified atom stereocenters. The Morgan fingerprint density at radius 3 is 2.48 bits per heavy atom. The molecule has 0 amide bonds. The Balaban J connectivity index is 1.73. The lowest BCUT2D eigenvalue weighted by Gasteiger charge is -2.29. The smallest absolute Gasteiger partial charge is 0.247 e. The van der Waals surface area contributed by atoms with E-state index in [1.165, 1.54) is 20.3 Å². The molecule has 29 heavy (non-hydrogen) atoms. The number of rotatable bonds is 7. The van der Waals surface area contributed by atoms with Gasteiger partial charge in [-0.3, -0.25) is 0 Å². The summed E-state index contributed by atoms with van der Waals surface area (Å²) in [7, 11) is -0.832. The summed E-state index contributed by atoms with van der Waals surface area (Å²) >= 11 is 0. The highest BCUT2D eigenvalue weighted by Gasteiger charge is 2.35. The molecule has 1 fully saturated rings. The van der Waals surface area contributed by atoms with E-state index >= 15 is 0 Å². The Labute approximate surface area is 171 Å². The third kappa shape index (κ3) is 3.86. The second-order valence-corrected chi connectivity index (χ2v) is 9.05. The van der Waals surface area contributed by atoms with Gasteiger partial charge in [0.1, 0.15) is 16.4 Å². The van der Waals surface area contributed by atoms with Crippen LogP contribution < -0.4 is 18.9 Å². The Bertz CT molecular complexity index is 985. The van der Waals surface area contributed by atoms with Crippen LogP contribution in [0.2, 0.25) is 0 Å². The number of hydrogen-bond acceptors (Lipinski definition) is 6. The number of ether oxygens (including phenoxy) is 4. The van der Waals surface area contributed by atoms with Gasteiger partial charge in [-0.15, -0.1) is 0 Å². The summed E-state index contributed by atoms with van der Waals surface area (Å²) in [6.07, 6.45) is 3.73. The first kappa shape index (κ1) is 19.8. The predicted molar refractivity (Wildman–Crippen MR) is 107 cm³/mol. The quantitative estimate of drug-likeness (QED) is 0.683. The second-order valence-electron chi connectivity index (χ2n) is 7.19. The van der Waals surface area contributed by atoms with Gasteiger partial charge >= 0.3 is 0 Å². The number of hydrogen-bond donors (Lipinski definition) is 0. The summed E-state index contributed by atoms with van der Waals surface area (Å²) in [6, 6.07) is 10.3. The van der Waals surface area contributed by atoms with Crippen LogP contribution in [0.15, 0.2) is 41.3 Å². The molecule has 1 aliphatic carbocycles. The minimum Gasteiger partial charge on any atom is -0.497 e. The fourth-order valence-electron chi connectivity index (χ4n) is 3.93. The number of fused-ring (bicyclic) bond motifs is 1. The topological polar surface area (TPSA) is 74.3 Å². The predicted octanol–water partition coefficient (Wildman–Crippen LogP) is 3.57. The Hall–Kier alpha value is -2.45. The number of nitrogens with zero attached hydrogens (tertiary/aromatic N) is 1. The number of benzene rings is 2. The van der Waals surface area contributed by atoms with Gasteiger partial charge in [-0.1, -0.05) is 18.9 Å². The van der Waals surface area contributed by atoms with Crippen LogP contribution in [0.4, 0.5) is 0 Å². The van der Waals surface area contributed by atoms with Gasteiger partial charge in [0.15, 0.2) is 11.5 Å². The molecule has 7 nitrogen and oxygen atoms in total. The highest BCUT2D eigenvalue weighted by molar-refractivity contribution is 7.89. The van der Waals surface area contributed by atoms with Crippen molar-refractivity contribution < 1.29 is 27.4 Å². The zero-order valence-electron chi connectivity index (χ0n) is 16.6. The van der Waals surface area contributed by atoms with Crippen LogP contribution in [0.1, 0.15) is 31.2 Å². The van der Waals surface area contributed by atoms with E-state index in [-0.39, 0.29) is 24.3 Å². The van der Waals surface area contributed by atoms with Crippen molar-refractivity contribution in [3.8, 4) is 23.0 Å². The molecule has 0 atom stereocenters. The normalized spacial score (nSPS) is 16.4. The van der Waals surface area contributed by atoms with Crippen molar-refractivity contribution in [2.75, 3.05) is 21.0 Å². The number of sulfonamides is 1. The minimum absolute atomic E-state index is 0.0543. The van der Waals surface area contributed by atoms with Crippen molar-refractivity contribution in [3.05, 3.63) is 42.0 Å².